The number of amides is 1. The lowest BCUT2D eigenvalue weighted by Crippen LogP contribution is -2.43. The molecule has 2 aromatic carbocycles. The second-order valence-corrected chi connectivity index (χ2v) is 12.4. The number of nitrogens with two attached hydrogens (primary N) is 1. The highest BCUT2D eigenvalue weighted by atomic mass is 32.2. The summed E-state index contributed by atoms with van der Waals surface area (Å²) in [5.41, 5.74) is 6.39. The number of hydrogen-bond acceptors (Lipinski definition) is 7. The van der Waals surface area contributed by atoms with Gasteiger partial charge in [0.2, 0.25) is 11.8 Å². The van der Waals surface area contributed by atoms with Crippen molar-refractivity contribution in [3.8, 4) is 5.88 Å². The predicted molar refractivity (Wildman–Crippen MR) is 143 cm³/mol. The van der Waals surface area contributed by atoms with Crippen LogP contribution in [0.3, 0.4) is 0 Å². The Bertz CT molecular complexity index is 1490. The molecule has 2 heterocycles. The van der Waals surface area contributed by atoms with Gasteiger partial charge >= 0.3 is 6.18 Å². The molecule has 1 saturated heterocycles. The number of rotatable bonds is 9. The molecule has 1 unspecified atom stereocenters. The summed E-state index contributed by atoms with van der Waals surface area (Å²) >= 11 is 0. The molecule has 0 radical (unpaired) electrons. The molecule has 1 aliphatic heterocycles. The number of carbonyl (C=O) groups is 1. The van der Waals surface area contributed by atoms with Gasteiger partial charge in [0, 0.05) is 33.9 Å². The molecule has 0 bridgehead atoms. The highest BCUT2D eigenvalue weighted by molar-refractivity contribution is 7.92. The first kappa shape index (κ1) is 29.8. The lowest BCUT2D eigenvalue weighted by molar-refractivity contribution is -0.236. The van der Waals surface area contributed by atoms with Crippen LogP contribution in [0.25, 0.3) is 10.8 Å². The van der Waals surface area contributed by atoms with E-state index in [0.29, 0.717) is 16.3 Å². The zero-order chi connectivity index (χ0) is 29.3. The number of aryl methyl sites for hydroxylation is 1. The summed E-state index contributed by atoms with van der Waals surface area (Å²) in [6, 6.07) is 12.7. The number of carbonyl (C=O) groups excluding carboxylic acids is 1. The zero-order valence-electron chi connectivity index (χ0n) is 22.1. The molecule has 1 amide bonds. The molecule has 1 aliphatic rings. The van der Waals surface area contributed by atoms with Gasteiger partial charge in [-0.3, -0.25) is 4.79 Å². The topological polar surface area (TPSA) is 129 Å². The third-order valence-corrected chi connectivity index (χ3v) is 9.79. The highest BCUT2D eigenvalue weighted by Gasteiger charge is 2.48. The van der Waals surface area contributed by atoms with E-state index < -0.39 is 39.4 Å². The normalized spacial score (nSPS) is 19.8. The van der Waals surface area contributed by atoms with Crippen LogP contribution < -0.4 is 10.5 Å². The number of halogens is 3. The quantitative estimate of drug-likeness (QED) is 0.391. The van der Waals surface area contributed by atoms with E-state index in [4.69, 9.17) is 15.2 Å². The second kappa shape index (κ2) is 11.3. The van der Waals surface area contributed by atoms with Crippen molar-refractivity contribution >= 4 is 26.5 Å². The minimum atomic E-state index is -4.43. The fourth-order valence-corrected chi connectivity index (χ4v) is 7.02. The van der Waals surface area contributed by atoms with Crippen LogP contribution >= 0.6 is 0 Å². The number of pyridine rings is 1. The van der Waals surface area contributed by atoms with E-state index in [2.05, 4.69) is 4.98 Å². The van der Waals surface area contributed by atoms with Crippen molar-refractivity contribution in [1.82, 2.24) is 4.98 Å². The summed E-state index contributed by atoms with van der Waals surface area (Å²) in [7, 11) is -4.04. The van der Waals surface area contributed by atoms with Crippen molar-refractivity contribution in [3.05, 3.63) is 70.9 Å². The van der Waals surface area contributed by atoms with Gasteiger partial charge in [-0.2, -0.15) is 13.2 Å². The van der Waals surface area contributed by atoms with Crippen LogP contribution in [0.2, 0.25) is 0 Å². The Balaban J connectivity index is 1.85. The predicted octanol–water partition coefficient (Wildman–Crippen LogP) is 4.05. The maximum atomic E-state index is 13.8. The second-order valence-electron chi connectivity index (χ2n) is 9.87. The molecule has 3 N–H and O–H groups in total. The number of alkyl halides is 3. The summed E-state index contributed by atoms with van der Waals surface area (Å²) in [4.78, 5) is 16.7. The summed E-state index contributed by atoms with van der Waals surface area (Å²) in [5.74, 6) is -1.24. The largest absolute Gasteiger partial charge is 0.477 e. The molecular weight excluding hydrogens is 549 g/mol. The van der Waals surface area contributed by atoms with Crippen LogP contribution in [0.4, 0.5) is 13.2 Å². The van der Waals surface area contributed by atoms with Gasteiger partial charge in [-0.05, 0) is 48.9 Å². The summed E-state index contributed by atoms with van der Waals surface area (Å²) < 4.78 is 75.5. The molecule has 1 fully saturated rings. The third kappa shape index (κ3) is 5.39. The van der Waals surface area contributed by atoms with Gasteiger partial charge in [-0.25, -0.2) is 13.4 Å². The summed E-state index contributed by atoms with van der Waals surface area (Å²) in [6.07, 6.45) is -6.18. The van der Waals surface area contributed by atoms with Crippen molar-refractivity contribution in [2.45, 2.75) is 43.7 Å². The molecule has 216 valence electrons. The average molecular weight is 581 g/mol. The van der Waals surface area contributed by atoms with Crippen LogP contribution in [0.1, 0.15) is 46.9 Å². The van der Waals surface area contributed by atoms with Crippen LogP contribution in [-0.2, 0) is 19.3 Å². The van der Waals surface area contributed by atoms with E-state index in [1.807, 2.05) is 0 Å². The van der Waals surface area contributed by atoms with Gasteiger partial charge in [-0.1, -0.05) is 37.3 Å². The van der Waals surface area contributed by atoms with E-state index in [1.165, 1.54) is 25.1 Å². The SMILES string of the molecule is CCS(=O)(=O)C(CO)(c1ccccc1)c1c(C)nc(OC[C@@H]2CC[C@H](C(F)(F)F)OC2)c2ccc(C(N)=O)cc12. The van der Waals surface area contributed by atoms with Crippen molar-refractivity contribution in [3.63, 3.8) is 0 Å². The number of nitrogens with zero attached hydrogens (tertiary/aromatic N) is 1. The Hall–Kier alpha value is -3.22. The Morgan fingerprint density at radius 3 is 2.40 bits per heavy atom. The van der Waals surface area contributed by atoms with Gasteiger partial charge < -0.3 is 20.3 Å². The van der Waals surface area contributed by atoms with Crippen LogP contribution in [0.5, 0.6) is 5.88 Å². The van der Waals surface area contributed by atoms with E-state index >= 15 is 0 Å². The van der Waals surface area contributed by atoms with Crippen molar-refractivity contribution in [2.75, 3.05) is 25.6 Å². The molecule has 0 saturated carbocycles. The van der Waals surface area contributed by atoms with E-state index in [0.717, 1.165) is 0 Å². The Morgan fingerprint density at radius 1 is 1.15 bits per heavy atom. The first-order chi connectivity index (χ1) is 18.9. The first-order valence-electron chi connectivity index (χ1n) is 12.8. The Kier molecular flexibility index (Phi) is 8.44. The maximum absolute atomic E-state index is 13.8. The molecule has 0 spiro atoms. The number of fused-ring (bicyclic) bond motifs is 1. The number of aliphatic hydroxyl groups is 1. The Morgan fingerprint density at radius 2 is 1.85 bits per heavy atom. The van der Waals surface area contributed by atoms with Crippen molar-refractivity contribution in [2.24, 2.45) is 11.7 Å². The van der Waals surface area contributed by atoms with Gasteiger partial charge in [-0.15, -0.1) is 0 Å². The first-order valence-corrected chi connectivity index (χ1v) is 14.4. The zero-order valence-corrected chi connectivity index (χ0v) is 22.9. The number of ether oxygens (including phenoxy) is 2. The van der Waals surface area contributed by atoms with Gasteiger partial charge in [0.15, 0.2) is 15.9 Å². The molecule has 0 aliphatic carbocycles. The molecule has 8 nitrogen and oxygen atoms in total. The lowest BCUT2D eigenvalue weighted by Gasteiger charge is -2.34. The molecule has 1 aromatic heterocycles. The number of aromatic nitrogens is 1. The van der Waals surface area contributed by atoms with Crippen molar-refractivity contribution < 1.29 is 41.0 Å². The molecule has 40 heavy (non-hydrogen) atoms. The summed E-state index contributed by atoms with van der Waals surface area (Å²) in [5, 5.41) is 11.5. The van der Waals surface area contributed by atoms with E-state index in [-0.39, 0.29) is 60.4 Å². The minimum absolute atomic E-state index is 0.0140. The maximum Gasteiger partial charge on any atom is 0.414 e. The standard InChI is InChI=1S/C28H31F3N2O6S/c1-3-40(36,37)27(16-34,20-7-5-4-6-8-20)24-17(2)33-26(21-11-10-19(25(32)35)13-22(21)24)39-15-18-9-12-23(38-14-18)28(29,30)31/h4-8,10-11,13,18,23,34H,3,9,12,14-16H2,1-2H3,(H2,32,35)/t18-,23-,27?/m1/s1. The monoisotopic (exact) mass is 580 g/mol. The Labute approximate surface area is 230 Å². The van der Waals surface area contributed by atoms with Gasteiger partial charge in [0.1, 0.15) is 4.75 Å². The van der Waals surface area contributed by atoms with Crippen molar-refractivity contribution in [1.29, 1.82) is 0 Å². The number of primary amides is 1. The number of sulfone groups is 1. The van der Waals surface area contributed by atoms with Gasteiger partial charge in [0.05, 0.1) is 19.8 Å². The third-order valence-electron chi connectivity index (χ3n) is 7.40. The molecule has 12 heteroatoms. The van der Waals surface area contributed by atoms with Crippen LogP contribution in [0.15, 0.2) is 48.5 Å². The average Bonchev–Trinajstić information content (AvgIpc) is 2.93. The van der Waals surface area contributed by atoms with Crippen LogP contribution in [-0.4, -0.2) is 62.3 Å². The molecule has 3 atom stereocenters. The number of aliphatic hydroxyl groups excluding tert-OH is 1. The highest BCUT2D eigenvalue weighted by Crippen LogP contribution is 2.45. The number of hydrogen-bond donors (Lipinski definition) is 2. The molecule has 4 rings (SSSR count). The van der Waals surface area contributed by atoms with Crippen LogP contribution in [0, 0.1) is 12.8 Å². The fourth-order valence-electron chi connectivity index (χ4n) is 5.27. The number of benzene rings is 2. The smallest absolute Gasteiger partial charge is 0.414 e. The van der Waals surface area contributed by atoms with E-state index in [9.17, 15) is 31.5 Å². The van der Waals surface area contributed by atoms with Gasteiger partial charge in [0.25, 0.3) is 0 Å². The molecule has 3 aromatic rings. The minimum Gasteiger partial charge on any atom is -0.477 e. The summed E-state index contributed by atoms with van der Waals surface area (Å²) in [6.45, 7) is 2.14. The molecular formula is C28H31F3N2O6S. The van der Waals surface area contributed by atoms with E-state index in [1.54, 1.807) is 37.3 Å². The fraction of sp³-hybridized carbons (Fsp3) is 0.429. The lowest BCUT2D eigenvalue weighted by atomic mass is 9.86.